The summed E-state index contributed by atoms with van der Waals surface area (Å²) in [6.07, 6.45) is 1.99. The number of hydrogen-bond donors (Lipinski definition) is 0. The summed E-state index contributed by atoms with van der Waals surface area (Å²) in [6.45, 7) is 34.0. The van der Waals surface area contributed by atoms with E-state index in [4.69, 9.17) is 14.0 Å². The molecule has 2 rings (SSSR count). The fourth-order valence-corrected chi connectivity index (χ4v) is 4.64. The van der Waals surface area contributed by atoms with Crippen molar-refractivity contribution in [2.24, 2.45) is 0 Å². The molecule has 0 amide bonds. The summed E-state index contributed by atoms with van der Waals surface area (Å²) in [7, 11) is -0.864. The zero-order chi connectivity index (χ0) is 29.3. The lowest BCUT2D eigenvalue weighted by Crippen LogP contribution is -2.38. The lowest BCUT2D eigenvalue weighted by Gasteiger charge is -2.33. The Labute approximate surface area is 235 Å². The molecule has 0 unspecified atom stereocenters. The number of rotatable bonds is 8. The van der Waals surface area contributed by atoms with E-state index in [2.05, 4.69) is 128 Å². The molecule has 0 radical (unpaired) electrons. The van der Waals surface area contributed by atoms with E-state index in [1.54, 1.807) is 0 Å². The van der Waals surface area contributed by atoms with Gasteiger partial charge in [0.1, 0.15) is 11.5 Å². The van der Waals surface area contributed by atoms with Crippen LogP contribution in [0.1, 0.15) is 136 Å². The van der Waals surface area contributed by atoms with Gasteiger partial charge in [0.2, 0.25) is 0 Å². The lowest BCUT2D eigenvalue weighted by atomic mass is 9.78. The molecular formula is C34H55BO3. The van der Waals surface area contributed by atoms with Gasteiger partial charge >= 0.3 is 7.32 Å². The standard InChI is InChI=1S/C34H55BO3/c1-16-17-18-36-35(37-29-25(31(4,5)6)19-23(2)20-26(29)32(7,8)9)38-30-27(33(10,11)12)21-24(3)22-28(30)34(13,14)15/h19-22H,16-18H2,1-15H3. The molecule has 0 bridgehead atoms. The van der Waals surface area contributed by atoms with E-state index in [-0.39, 0.29) is 21.7 Å². The van der Waals surface area contributed by atoms with Gasteiger partial charge in [-0.3, -0.25) is 0 Å². The van der Waals surface area contributed by atoms with Crippen LogP contribution in [0, 0.1) is 13.8 Å². The Kier molecular flexibility index (Phi) is 9.91. The van der Waals surface area contributed by atoms with Gasteiger partial charge in [0, 0.05) is 6.61 Å². The Morgan fingerprint density at radius 1 is 0.553 bits per heavy atom. The van der Waals surface area contributed by atoms with Crippen LogP contribution in [0.5, 0.6) is 11.5 Å². The van der Waals surface area contributed by atoms with Gasteiger partial charge in [0.15, 0.2) is 0 Å². The molecule has 0 atom stereocenters. The molecule has 0 aliphatic heterocycles. The SMILES string of the molecule is CCCCOB(Oc1c(C(C)(C)C)cc(C)cc1C(C)(C)C)Oc1c(C(C)(C)C)cc(C)cc1C(C)(C)C. The summed E-state index contributed by atoms with van der Waals surface area (Å²) >= 11 is 0. The van der Waals surface area contributed by atoms with E-state index in [1.807, 2.05) is 0 Å². The van der Waals surface area contributed by atoms with Crippen molar-refractivity contribution in [2.75, 3.05) is 6.61 Å². The average Bonchev–Trinajstić information content (AvgIpc) is 2.72. The summed E-state index contributed by atoms with van der Waals surface area (Å²) in [5.74, 6) is 1.75. The van der Waals surface area contributed by atoms with Gasteiger partial charge in [-0.05, 0) is 64.2 Å². The van der Waals surface area contributed by atoms with Crippen LogP contribution in [0.2, 0.25) is 0 Å². The maximum absolute atomic E-state index is 6.86. The predicted molar refractivity (Wildman–Crippen MR) is 165 cm³/mol. The molecule has 0 aromatic heterocycles. The summed E-state index contributed by atoms with van der Waals surface area (Å²) in [4.78, 5) is 0. The Hall–Kier alpha value is -1.94. The molecule has 0 aliphatic carbocycles. The summed E-state index contributed by atoms with van der Waals surface area (Å²) in [5.41, 5.74) is 6.74. The minimum absolute atomic E-state index is 0.105. The van der Waals surface area contributed by atoms with Crippen LogP contribution < -0.4 is 9.31 Å². The normalized spacial score (nSPS) is 13.0. The van der Waals surface area contributed by atoms with Crippen molar-refractivity contribution in [2.45, 2.75) is 138 Å². The van der Waals surface area contributed by atoms with Crippen molar-refractivity contribution < 1.29 is 14.0 Å². The van der Waals surface area contributed by atoms with Crippen molar-refractivity contribution in [3.8, 4) is 11.5 Å². The van der Waals surface area contributed by atoms with E-state index in [9.17, 15) is 0 Å². The molecule has 0 spiro atoms. The lowest BCUT2D eigenvalue weighted by molar-refractivity contribution is 0.193. The molecule has 0 saturated carbocycles. The van der Waals surface area contributed by atoms with E-state index >= 15 is 0 Å². The largest absolute Gasteiger partial charge is 0.788 e. The summed E-state index contributed by atoms with van der Waals surface area (Å²) in [5, 5.41) is 0. The highest BCUT2D eigenvalue weighted by molar-refractivity contribution is 6.38. The van der Waals surface area contributed by atoms with Crippen LogP contribution in [0.15, 0.2) is 24.3 Å². The Balaban J connectivity index is 2.77. The summed E-state index contributed by atoms with van der Waals surface area (Å²) < 4.78 is 20.1. The van der Waals surface area contributed by atoms with Crippen molar-refractivity contribution in [1.82, 2.24) is 0 Å². The quantitative estimate of drug-likeness (QED) is 0.255. The fourth-order valence-electron chi connectivity index (χ4n) is 4.64. The van der Waals surface area contributed by atoms with Crippen molar-refractivity contribution in [3.05, 3.63) is 57.6 Å². The van der Waals surface area contributed by atoms with Gasteiger partial charge in [-0.1, -0.05) is 132 Å². The highest BCUT2D eigenvalue weighted by Gasteiger charge is 2.37. The molecule has 0 N–H and O–H groups in total. The number of benzene rings is 2. The monoisotopic (exact) mass is 522 g/mol. The number of hydrogen-bond acceptors (Lipinski definition) is 3. The first-order valence-electron chi connectivity index (χ1n) is 14.4. The van der Waals surface area contributed by atoms with Gasteiger partial charge < -0.3 is 14.0 Å². The van der Waals surface area contributed by atoms with Gasteiger partial charge in [-0.2, -0.15) is 0 Å². The van der Waals surface area contributed by atoms with Crippen LogP contribution in [0.25, 0.3) is 0 Å². The average molecular weight is 523 g/mol. The predicted octanol–water partition coefficient (Wildman–Crippen LogP) is 9.75. The van der Waals surface area contributed by atoms with Crippen LogP contribution in [0.4, 0.5) is 0 Å². The smallest absolute Gasteiger partial charge is 0.500 e. The van der Waals surface area contributed by atoms with Crippen LogP contribution >= 0.6 is 0 Å². The topological polar surface area (TPSA) is 27.7 Å². The highest BCUT2D eigenvalue weighted by Crippen LogP contribution is 2.43. The Bertz CT molecular complexity index is 935. The molecule has 2 aromatic rings. The number of aryl methyl sites for hydroxylation is 2. The van der Waals surface area contributed by atoms with Crippen LogP contribution in [0.3, 0.4) is 0 Å². The molecule has 4 heteroatoms. The van der Waals surface area contributed by atoms with E-state index < -0.39 is 7.32 Å². The molecule has 3 nitrogen and oxygen atoms in total. The minimum atomic E-state index is -0.864. The molecule has 2 aromatic carbocycles. The van der Waals surface area contributed by atoms with E-state index in [0.29, 0.717) is 6.61 Å². The molecule has 0 heterocycles. The van der Waals surface area contributed by atoms with Gasteiger partial charge in [0.25, 0.3) is 0 Å². The number of unbranched alkanes of at least 4 members (excludes halogenated alkanes) is 1. The van der Waals surface area contributed by atoms with E-state index in [0.717, 1.165) is 24.3 Å². The third-order valence-corrected chi connectivity index (χ3v) is 6.88. The van der Waals surface area contributed by atoms with Crippen molar-refractivity contribution >= 4 is 7.32 Å². The molecule has 38 heavy (non-hydrogen) atoms. The molecule has 0 saturated heterocycles. The first-order valence-corrected chi connectivity index (χ1v) is 14.4. The van der Waals surface area contributed by atoms with Gasteiger partial charge in [-0.25, -0.2) is 0 Å². The second kappa shape index (κ2) is 11.7. The highest BCUT2D eigenvalue weighted by atomic mass is 16.7. The van der Waals surface area contributed by atoms with Crippen LogP contribution in [-0.4, -0.2) is 13.9 Å². The maximum Gasteiger partial charge on any atom is 0.788 e. The first kappa shape index (κ1) is 32.3. The van der Waals surface area contributed by atoms with Crippen LogP contribution in [-0.2, 0) is 26.3 Å². The van der Waals surface area contributed by atoms with Gasteiger partial charge in [-0.15, -0.1) is 0 Å². The molecule has 0 fully saturated rings. The summed E-state index contributed by atoms with van der Waals surface area (Å²) in [6, 6.07) is 9.00. The van der Waals surface area contributed by atoms with E-state index in [1.165, 1.54) is 33.4 Å². The zero-order valence-electron chi connectivity index (χ0n) is 27.2. The molecular weight excluding hydrogens is 467 g/mol. The maximum atomic E-state index is 6.86. The minimum Gasteiger partial charge on any atom is -0.500 e. The third kappa shape index (κ3) is 8.28. The van der Waals surface area contributed by atoms with Crippen molar-refractivity contribution in [1.29, 1.82) is 0 Å². The zero-order valence-corrected chi connectivity index (χ0v) is 27.2. The molecule has 0 aliphatic rings. The van der Waals surface area contributed by atoms with Gasteiger partial charge in [0.05, 0.1) is 0 Å². The second-order valence-corrected chi connectivity index (χ2v) is 15.1. The Morgan fingerprint density at radius 3 is 1.08 bits per heavy atom. The molecule has 212 valence electrons. The Morgan fingerprint density at radius 2 is 0.842 bits per heavy atom. The van der Waals surface area contributed by atoms with Crippen molar-refractivity contribution in [3.63, 3.8) is 0 Å². The second-order valence-electron chi connectivity index (χ2n) is 15.1. The fraction of sp³-hybridized carbons (Fsp3) is 0.647. The first-order chi connectivity index (χ1) is 17.2. The third-order valence-electron chi connectivity index (χ3n) is 6.88.